The standard InChI is InChI=1S/C22H23FN2O4S2/c1-3-29-18-10-6-16(7-11-18)21-15(2)30-22(25-21)24-20(26)5-4-14-31(27,28)19-12-8-17(23)9-13-19/h6-13H,3-5,14H2,1-2H3,(H,24,25,26). The molecule has 31 heavy (non-hydrogen) atoms. The number of anilines is 1. The maximum absolute atomic E-state index is 13.0. The van der Waals surface area contributed by atoms with Crippen molar-refractivity contribution in [2.24, 2.45) is 0 Å². The molecule has 1 heterocycles. The molecule has 0 fully saturated rings. The zero-order chi connectivity index (χ0) is 22.4. The molecule has 1 aromatic heterocycles. The van der Waals surface area contributed by atoms with E-state index in [1.165, 1.54) is 23.5 Å². The highest BCUT2D eigenvalue weighted by atomic mass is 32.2. The maximum Gasteiger partial charge on any atom is 0.226 e. The summed E-state index contributed by atoms with van der Waals surface area (Å²) in [5.41, 5.74) is 1.70. The first-order valence-electron chi connectivity index (χ1n) is 9.77. The second kappa shape index (κ2) is 10.0. The van der Waals surface area contributed by atoms with Crippen LogP contribution in [0.25, 0.3) is 11.3 Å². The van der Waals surface area contributed by atoms with Gasteiger partial charge in [-0.1, -0.05) is 0 Å². The number of aryl methyl sites for hydroxylation is 1. The van der Waals surface area contributed by atoms with Crippen molar-refractivity contribution in [3.63, 3.8) is 0 Å². The summed E-state index contributed by atoms with van der Waals surface area (Å²) in [6, 6.07) is 12.2. The lowest BCUT2D eigenvalue weighted by atomic mass is 10.1. The summed E-state index contributed by atoms with van der Waals surface area (Å²) in [7, 11) is -3.56. The smallest absolute Gasteiger partial charge is 0.226 e. The van der Waals surface area contributed by atoms with Crippen LogP contribution in [0.15, 0.2) is 53.4 Å². The Hall–Kier alpha value is -2.78. The van der Waals surface area contributed by atoms with Gasteiger partial charge in [0.15, 0.2) is 15.0 Å². The van der Waals surface area contributed by atoms with Crippen LogP contribution < -0.4 is 10.1 Å². The van der Waals surface area contributed by atoms with Gasteiger partial charge in [0.05, 0.1) is 22.9 Å². The summed E-state index contributed by atoms with van der Waals surface area (Å²) >= 11 is 1.36. The van der Waals surface area contributed by atoms with Crippen LogP contribution in [0, 0.1) is 12.7 Å². The number of hydrogen-bond donors (Lipinski definition) is 1. The van der Waals surface area contributed by atoms with Crippen molar-refractivity contribution in [2.45, 2.75) is 31.6 Å². The highest BCUT2D eigenvalue weighted by molar-refractivity contribution is 7.91. The van der Waals surface area contributed by atoms with Gasteiger partial charge < -0.3 is 10.1 Å². The Bertz CT molecular complexity index is 1140. The minimum Gasteiger partial charge on any atom is -0.494 e. The Morgan fingerprint density at radius 2 is 1.81 bits per heavy atom. The molecule has 0 radical (unpaired) electrons. The zero-order valence-corrected chi connectivity index (χ0v) is 18.9. The van der Waals surface area contributed by atoms with Crippen LogP contribution in [0.4, 0.5) is 9.52 Å². The number of aromatic nitrogens is 1. The summed E-state index contributed by atoms with van der Waals surface area (Å²) in [6.45, 7) is 4.44. The molecule has 0 spiro atoms. The van der Waals surface area contributed by atoms with Crippen LogP contribution in [0.1, 0.15) is 24.6 Å². The van der Waals surface area contributed by atoms with Crippen LogP contribution in [0.5, 0.6) is 5.75 Å². The fraction of sp³-hybridized carbons (Fsp3) is 0.273. The molecule has 0 atom stereocenters. The van der Waals surface area contributed by atoms with Crippen molar-refractivity contribution in [3.05, 3.63) is 59.2 Å². The first-order chi connectivity index (χ1) is 14.8. The molecule has 0 aliphatic heterocycles. The summed E-state index contributed by atoms with van der Waals surface area (Å²) in [5, 5.41) is 3.20. The van der Waals surface area contributed by atoms with E-state index in [2.05, 4.69) is 10.3 Å². The Balaban J connectivity index is 1.56. The van der Waals surface area contributed by atoms with Crippen LogP contribution in [0.2, 0.25) is 0 Å². The second-order valence-electron chi connectivity index (χ2n) is 6.81. The third-order valence-corrected chi connectivity index (χ3v) is 7.17. The molecule has 1 amide bonds. The largest absolute Gasteiger partial charge is 0.494 e. The maximum atomic E-state index is 13.0. The van der Waals surface area contributed by atoms with Gasteiger partial charge in [-0.3, -0.25) is 4.79 Å². The fourth-order valence-corrected chi connectivity index (χ4v) is 5.12. The van der Waals surface area contributed by atoms with Crippen LogP contribution >= 0.6 is 11.3 Å². The number of benzene rings is 2. The highest BCUT2D eigenvalue weighted by Gasteiger charge is 2.16. The topological polar surface area (TPSA) is 85.4 Å². The third-order valence-electron chi connectivity index (χ3n) is 4.47. The van der Waals surface area contributed by atoms with E-state index in [4.69, 9.17) is 4.74 Å². The van der Waals surface area contributed by atoms with E-state index >= 15 is 0 Å². The van der Waals surface area contributed by atoms with Crippen LogP contribution in [0.3, 0.4) is 0 Å². The van der Waals surface area contributed by atoms with Crippen molar-refractivity contribution >= 4 is 32.2 Å². The van der Waals surface area contributed by atoms with Crippen molar-refractivity contribution in [1.82, 2.24) is 4.98 Å². The van der Waals surface area contributed by atoms with Crippen molar-refractivity contribution in [2.75, 3.05) is 17.7 Å². The molecule has 9 heteroatoms. The molecular weight excluding hydrogens is 439 g/mol. The second-order valence-corrected chi connectivity index (χ2v) is 10.1. The lowest BCUT2D eigenvalue weighted by Gasteiger charge is -2.05. The number of halogens is 1. The summed E-state index contributed by atoms with van der Waals surface area (Å²) in [4.78, 5) is 17.8. The van der Waals surface area contributed by atoms with E-state index in [9.17, 15) is 17.6 Å². The number of nitrogens with zero attached hydrogens (tertiary/aromatic N) is 1. The minimum atomic E-state index is -3.56. The Kier molecular flexibility index (Phi) is 7.40. The SMILES string of the molecule is CCOc1ccc(-c2nc(NC(=O)CCCS(=O)(=O)c3ccc(F)cc3)sc2C)cc1. The summed E-state index contributed by atoms with van der Waals surface area (Å²) in [6.07, 6.45) is 0.194. The summed E-state index contributed by atoms with van der Waals surface area (Å²) in [5.74, 6) is -0.216. The van der Waals surface area contributed by atoms with Gasteiger partial charge in [-0.25, -0.2) is 17.8 Å². The third kappa shape index (κ3) is 6.11. The Morgan fingerprint density at radius 3 is 2.45 bits per heavy atom. The lowest BCUT2D eigenvalue weighted by molar-refractivity contribution is -0.116. The number of amides is 1. The van der Waals surface area contributed by atoms with Gasteiger partial charge in [0, 0.05) is 16.9 Å². The van der Waals surface area contributed by atoms with E-state index in [1.54, 1.807) is 0 Å². The number of sulfone groups is 1. The van der Waals surface area contributed by atoms with Crippen molar-refractivity contribution in [1.29, 1.82) is 0 Å². The number of carbonyl (C=O) groups excluding carboxylic acids is 1. The first-order valence-corrected chi connectivity index (χ1v) is 12.2. The average Bonchev–Trinajstić information content (AvgIpc) is 3.09. The van der Waals surface area contributed by atoms with E-state index in [0.29, 0.717) is 11.7 Å². The van der Waals surface area contributed by atoms with Gasteiger partial charge in [-0.05, 0) is 68.8 Å². The van der Waals surface area contributed by atoms with Gasteiger partial charge in [0.25, 0.3) is 0 Å². The highest BCUT2D eigenvalue weighted by Crippen LogP contribution is 2.31. The van der Waals surface area contributed by atoms with E-state index < -0.39 is 15.7 Å². The van der Waals surface area contributed by atoms with Gasteiger partial charge in [0.2, 0.25) is 5.91 Å². The monoisotopic (exact) mass is 462 g/mol. The average molecular weight is 463 g/mol. The van der Waals surface area contributed by atoms with Gasteiger partial charge >= 0.3 is 0 Å². The van der Waals surface area contributed by atoms with Crippen LogP contribution in [-0.4, -0.2) is 31.7 Å². The summed E-state index contributed by atoms with van der Waals surface area (Å²) < 4.78 is 43.0. The first kappa shape index (κ1) is 22.9. The molecule has 0 aliphatic carbocycles. The molecule has 2 aromatic carbocycles. The van der Waals surface area contributed by atoms with Crippen molar-refractivity contribution in [3.8, 4) is 17.0 Å². The number of thiazole rings is 1. The van der Waals surface area contributed by atoms with E-state index in [0.717, 1.165) is 34.0 Å². The molecule has 3 aromatic rings. The number of ether oxygens (including phenoxy) is 1. The molecule has 1 N–H and O–H groups in total. The Labute approximate surface area is 185 Å². The molecular formula is C22H23FN2O4S2. The van der Waals surface area contributed by atoms with Gasteiger partial charge in [-0.2, -0.15) is 0 Å². The predicted octanol–water partition coefficient (Wildman–Crippen LogP) is 4.85. The quantitative estimate of drug-likeness (QED) is 0.460. The van der Waals surface area contributed by atoms with E-state index in [-0.39, 0.29) is 29.4 Å². The Morgan fingerprint density at radius 1 is 1.13 bits per heavy atom. The molecule has 0 saturated carbocycles. The van der Waals surface area contributed by atoms with Gasteiger partial charge in [-0.15, -0.1) is 11.3 Å². The molecule has 0 bridgehead atoms. The zero-order valence-electron chi connectivity index (χ0n) is 17.2. The fourth-order valence-electron chi connectivity index (χ4n) is 2.96. The van der Waals surface area contributed by atoms with Crippen molar-refractivity contribution < 1.29 is 22.3 Å². The molecule has 3 rings (SSSR count). The van der Waals surface area contributed by atoms with E-state index in [1.807, 2.05) is 38.1 Å². The normalized spacial score (nSPS) is 11.3. The molecule has 0 saturated heterocycles. The molecule has 6 nitrogen and oxygen atoms in total. The number of carbonyl (C=O) groups is 1. The minimum absolute atomic E-state index is 0.0391. The lowest BCUT2D eigenvalue weighted by Crippen LogP contribution is -2.14. The number of hydrogen-bond acceptors (Lipinski definition) is 6. The molecule has 164 valence electrons. The van der Waals surface area contributed by atoms with Crippen LogP contribution in [-0.2, 0) is 14.6 Å². The molecule has 0 aliphatic rings. The number of nitrogens with one attached hydrogen (secondary N) is 1. The number of rotatable bonds is 9. The molecule has 0 unspecified atom stereocenters. The van der Waals surface area contributed by atoms with Gasteiger partial charge in [0.1, 0.15) is 11.6 Å². The predicted molar refractivity (Wildman–Crippen MR) is 120 cm³/mol.